The van der Waals surface area contributed by atoms with Gasteiger partial charge in [-0.25, -0.2) is 12.1 Å². The van der Waals surface area contributed by atoms with Gasteiger partial charge in [-0.1, -0.05) is 0 Å². The Kier molecular flexibility index (Phi) is 6.64. The van der Waals surface area contributed by atoms with Gasteiger partial charge in [0.1, 0.15) is 0 Å². The molecule has 7 heavy (non-hydrogen) atoms. The van der Waals surface area contributed by atoms with Crippen LogP contribution < -0.4 is 0 Å². The van der Waals surface area contributed by atoms with Crippen molar-refractivity contribution in [3.63, 3.8) is 0 Å². The molecular weight excluding hydrogens is 199 g/mol. The summed E-state index contributed by atoms with van der Waals surface area (Å²) in [6.07, 6.45) is 0. The van der Waals surface area contributed by atoms with Crippen molar-refractivity contribution >= 4 is 14.2 Å². The molecule has 0 aliphatic heterocycles. The second kappa shape index (κ2) is 6.34. The summed E-state index contributed by atoms with van der Waals surface area (Å²) < 4.78 is 0. The standard InChI is InChI=1S/C5H5.BrH.Co/c1-2-4-5-3-1;;/h1-5H;1H;/q-1;;+2/p-1. The van der Waals surface area contributed by atoms with Crippen molar-refractivity contribution in [1.29, 1.82) is 0 Å². The first-order chi connectivity index (χ1) is 3.50. The SMILES string of the molecule is [Co+][Br].c1cc[cH-]c1. The maximum atomic E-state index is 3.38. The van der Waals surface area contributed by atoms with Crippen LogP contribution in [0.25, 0.3) is 0 Å². The zero-order chi connectivity index (χ0) is 5.54. The summed E-state index contributed by atoms with van der Waals surface area (Å²) in [5.41, 5.74) is 0. The average molecular weight is 204 g/mol. The molecule has 0 nitrogen and oxygen atoms in total. The van der Waals surface area contributed by atoms with E-state index in [1.54, 1.807) is 0 Å². The third kappa shape index (κ3) is 4.18. The third-order valence-corrected chi connectivity index (χ3v) is 0.556. The monoisotopic (exact) mass is 203 g/mol. The van der Waals surface area contributed by atoms with Crippen LogP contribution in [0.15, 0.2) is 30.3 Å². The van der Waals surface area contributed by atoms with E-state index in [1.807, 2.05) is 30.3 Å². The van der Waals surface area contributed by atoms with Crippen molar-refractivity contribution in [3.8, 4) is 0 Å². The van der Waals surface area contributed by atoms with Gasteiger partial charge in [0, 0.05) is 0 Å². The second-order valence-corrected chi connectivity index (χ2v) is 0.962. The molecular formula is C5H5BrCo. The van der Waals surface area contributed by atoms with E-state index >= 15 is 0 Å². The van der Waals surface area contributed by atoms with Crippen molar-refractivity contribution < 1.29 is 13.9 Å². The first-order valence-electron chi connectivity index (χ1n) is 1.79. The van der Waals surface area contributed by atoms with Crippen LogP contribution in [0.2, 0.25) is 0 Å². The van der Waals surface area contributed by atoms with Gasteiger partial charge < -0.3 is 0 Å². The zero-order valence-electron chi connectivity index (χ0n) is 3.60. The molecule has 0 aliphatic rings. The topological polar surface area (TPSA) is 0 Å². The molecule has 0 radical (unpaired) electrons. The van der Waals surface area contributed by atoms with Gasteiger partial charge in [-0.2, -0.15) is 18.2 Å². The number of halogens is 1. The van der Waals surface area contributed by atoms with Crippen LogP contribution in [0.1, 0.15) is 0 Å². The molecule has 41 valence electrons. The molecule has 2 heteroatoms. The molecule has 0 N–H and O–H groups in total. The van der Waals surface area contributed by atoms with E-state index in [2.05, 4.69) is 28.1 Å². The van der Waals surface area contributed by atoms with Crippen LogP contribution in [0.4, 0.5) is 0 Å². The molecule has 0 amide bonds. The predicted molar refractivity (Wildman–Crippen MR) is 31.0 cm³/mol. The summed E-state index contributed by atoms with van der Waals surface area (Å²) in [5, 5.41) is 0. The Morgan fingerprint density at radius 2 is 1.57 bits per heavy atom. The van der Waals surface area contributed by atoms with E-state index in [0.717, 1.165) is 0 Å². The molecule has 0 saturated heterocycles. The van der Waals surface area contributed by atoms with E-state index in [0.29, 0.717) is 0 Å². The molecule has 0 saturated carbocycles. The summed E-state index contributed by atoms with van der Waals surface area (Å²) in [5.74, 6) is 0. The van der Waals surface area contributed by atoms with Gasteiger partial charge in [-0.15, -0.1) is 0 Å². The summed E-state index contributed by atoms with van der Waals surface area (Å²) in [7, 11) is 0. The van der Waals surface area contributed by atoms with Crippen LogP contribution in [0, 0.1) is 0 Å². The molecule has 0 fully saturated rings. The molecule has 0 spiro atoms. The average Bonchev–Trinajstić information content (AvgIpc) is 2.23. The van der Waals surface area contributed by atoms with Gasteiger partial charge in [0.2, 0.25) is 0 Å². The normalized spacial score (nSPS) is 6.57. The Bertz CT molecular complexity index is 64.6. The molecule has 0 aliphatic carbocycles. The minimum atomic E-state index is 2.00. The van der Waals surface area contributed by atoms with Crippen molar-refractivity contribution in [1.82, 2.24) is 0 Å². The number of hydrogen-bond donors (Lipinski definition) is 0. The van der Waals surface area contributed by atoms with Gasteiger partial charge in [0.05, 0.1) is 0 Å². The summed E-state index contributed by atoms with van der Waals surface area (Å²) in [6, 6.07) is 10.0. The molecule has 0 heterocycles. The van der Waals surface area contributed by atoms with Crippen LogP contribution >= 0.6 is 14.2 Å². The predicted octanol–water partition coefficient (Wildman–Crippen LogP) is 2.25. The second-order valence-electron chi connectivity index (χ2n) is 0.962. The minimum absolute atomic E-state index is 2.00. The van der Waals surface area contributed by atoms with Gasteiger partial charge in [0.25, 0.3) is 0 Å². The quantitative estimate of drug-likeness (QED) is 0.568. The fraction of sp³-hybridized carbons (Fsp3) is 0. The summed E-state index contributed by atoms with van der Waals surface area (Å²) >= 11 is 6.00. The maximum Gasteiger partial charge on any atom is -0.172 e. The molecule has 0 atom stereocenters. The van der Waals surface area contributed by atoms with Crippen LogP contribution in [0.5, 0.6) is 0 Å². The van der Waals surface area contributed by atoms with Crippen molar-refractivity contribution in [2.45, 2.75) is 0 Å². The Morgan fingerprint density at radius 1 is 1.14 bits per heavy atom. The number of hydrogen-bond acceptors (Lipinski definition) is 0. The summed E-state index contributed by atoms with van der Waals surface area (Å²) in [6.45, 7) is 0. The van der Waals surface area contributed by atoms with Gasteiger partial charge in [-0.05, 0) is 0 Å². The minimum Gasteiger partial charge on any atom is -0.214 e. The van der Waals surface area contributed by atoms with E-state index in [9.17, 15) is 0 Å². The first-order valence-corrected chi connectivity index (χ1v) is 4.37. The smallest absolute Gasteiger partial charge is 0.172 e. The molecule has 1 aromatic carbocycles. The fourth-order valence-electron chi connectivity index (χ4n) is 0.321. The van der Waals surface area contributed by atoms with E-state index in [-0.39, 0.29) is 0 Å². The Hall–Kier alpha value is 0.336. The van der Waals surface area contributed by atoms with E-state index < -0.39 is 0 Å². The van der Waals surface area contributed by atoms with E-state index in [4.69, 9.17) is 0 Å². The van der Waals surface area contributed by atoms with Gasteiger partial charge >= 0.3 is 28.1 Å². The molecule has 1 aromatic rings. The Balaban J connectivity index is 0.000000162. The fourth-order valence-corrected chi connectivity index (χ4v) is 0.321. The third-order valence-electron chi connectivity index (χ3n) is 0.556. The van der Waals surface area contributed by atoms with Crippen molar-refractivity contribution in [2.24, 2.45) is 0 Å². The zero-order valence-corrected chi connectivity index (χ0v) is 6.23. The van der Waals surface area contributed by atoms with Crippen LogP contribution in [-0.4, -0.2) is 0 Å². The van der Waals surface area contributed by atoms with Crippen molar-refractivity contribution in [3.05, 3.63) is 30.3 Å². The summed E-state index contributed by atoms with van der Waals surface area (Å²) in [4.78, 5) is 0. The molecule has 0 aromatic heterocycles. The first kappa shape index (κ1) is 7.34. The van der Waals surface area contributed by atoms with Crippen LogP contribution in [-0.2, 0) is 13.9 Å². The molecule has 0 unspecified atom stereocenters. The van der Waals surface area contributed by atoms with Gasteiger partial charge in [0.15, 0.2) is 0 Å². The Morgan fingerprint density at radius 3 is 1.71 bits per heavy atom. The largest absolute Gasteiger partial charge is 0.214 e. The van der Waals surface area contributed by atoms with Crippen molar-refractivity contribution in [2.75, 3.05) is 0 Å². The Labute approximate surface area is 58.6 Å². The maximum absolute atomic E-state index is 3.38. The number of rotatable bonds is 0. The van der Waals surface area contributed by atoms with E-state index in [1.165, 1.54) is 0 Å². The molecule has 0 bridgehead atoms. The molecule has 1 rings (SSSR count). The van der Waals surface area contributed by atoms with Crippen LogP contribution in [0.3, 0.4) is 0 Å². The van der Waals surface area contributed by atoms with Gasteiger partial charge in [-0.3, -0.25) is 0 Å².